The fraction of sp³-hybridized carbons (Fsp3) is 0.117. The van der Waals surface area contributed by atoms with E-state index in [4.69, 9.17) is 4.98 Å². The van der Waals surface area contributed by atoms with E-state index in [2.05, 4.69) is 202 Å². The summed E-state index contributed by atoms with van der Waals surface area (Å²) in [5, 5.41) is 6.25. The molecule has 1 aromatic heterocycles. The topological polar surface area (TPSA) is 12.9 Å². The van der Waals surface area contributed by atoms with Crippen molar-refractivity contribution in [1.82, 2.24) is 4.98 Å². The van der Waals surface area contributed by atoms with Gasteiger partial charge in [-0.25, -0.2) is 4.98 Å². The number of allylic oxidation sites excluding steroid dienone is 5. The molecule has 0 saturated heterocycles. The first-order valence-corrected chi connectivity index (χ1v) is 22.9. The first kappa shape index (κ1) is 36.9. The van der Waals surface area contributed by atoms with Crippen molar-refractivity contribution in [1.29, 1.82) is 0 Å². The number of hydrogen-bond donors (Lipinski definition) is 0. The van der Waals surface area contributed by atoms with E-state index < -0.39 is 0 Å². The Bertz CT molecular complexity index is 3310. The third kappa shape index (κ3) is 6.08. The monoisotopic (exact) mass is 811 g/mol. The minimum absolute atomic E-state index is 0.0900. The van der Waals surface area contributed by atoms with E-state index in [1.807, 2.05) is 0 Å². The van der Waals surface area contributed by atoms with Gasteiger partial charge in [0.2, 0.25) is 0 Å². The molecule has 62 heavy (non-hydrogen) atoms. The summed E-state index contributed by atoms with van der Waals surface area (Å²) in [6, 6.07) is 61.4. The molecule has 8 aromatic carbocycles. The first-order valence-electron chi connectivity index (χ1n) is 22.1. The molecule has 0 N–H and O–H groups in total. The molecule has 0 saturated carbocycles. The molecule has 0 unspecified atom stereocenters. The van der Waals surface area contributed by atoms with E-state index in [1.165, 1.54) is 116 Å². The summed E-state index contributed by atoms with van der Waals surface area (Å²) in [5.41, 5.74) is 20.5. The number of aromatic nitrogens is 1. The Kier molecular flexibility index (Phi) is 8.73. The van der Waals surface area contributed by atoms with E-state index in [9.17, 15) is 0 Å². The molecule has 3 aliphatic carbocycles. The molecule has 0 bridgehead atoms. The second-order valence-corrected chi connectivity index (χ2v) is 18.7. The number of nitrogens with zero attached hydrogens (tertiary/aromatic N) is 1. The predicted molar refractivity (Wildman–Crippen MR) is 265 cm³/mol. The van der Waals surface area contributed by atoms with Gasteiger partial charge in [0, 0.05) is 11.0 Å². The highest BCUT2D eigenvalue weighted by atomic mass is 32.1. The maximum absolute atomic E-state index is 5.04. The van der Waals surface area contributed by atoms with Crippen LogP contribution in [0, 0.1) is 0 Å². The highest BCUT2D eigenvalue weighted by molar-refractivity contribution is 7.16. The maximum Gasteiger partial charge on any atom is 0.124 e. The van der Waals surface area contributed by atoms with Gasteiger partial charge in [-0.05, 0) is 149 Å². The zero-order valence-corrected chi connectivity index (χ0v) is 35.9. The van der Waals surface area contributed by atoms with Crippen LogP contribution >= 0.6 is 11.3 Å². The summed E-state index contributed by atoms with van der Waals surface area (Å²) in [7, 11) is 0. The fourth-order valence-corrected chi connectivity index (χ4v) is 11.5. The van der Waals surface area contributed by atoms with Crippen molar-refractivity contribution in [2.75, 3.05) is 0 Å². The van der Waals surface area contributed by atoms with Gasteiger partial charge in [0.1, 0.15) is 5.01 Å². The second-order valence-electron chi connectivity index (χ2n) is 17.6. The fourth-order valence-electron chi connectivity index (χ4n) is 10.4. The average molecular weight is 812 g/mol. The highest BCUT2D eigenvalue weighted by Gasteiger charge is 2.38. The maximum atomic E-state index is 5.04. The van der Waals surface area contributed by atoms with Gasteiger partial charge in [0.15, 0.2) is 0 Å². The van der Waals surface area contributed by atoms with Gasteiger partial charge in [0.05, 0.1) is 10.6 Å². The van der Waals surface area contributed by atoms with Gasteiger partial charge in [-0.15, -0.1) is 11.3 Å². The normalized spacial score (nSPS) is 14.9. The van der Waals surface area contributed by atoms with Gasteiger partial charge in [-0.3, -0.25) is 0 Å². The predicted octanol–water partition coefficient (Wildman–Crippen LogP) is 16.8. The number of fused-ring (bicyclic) bond motifs is 5. The third-order valence-electron chi connectivity index (χ3n) is 13.7. The van der Waals surface area contributed by atoms with Crippen LogP contribution in [-0.4, -0.2) is 4.98 Å². The molecular weight excluding hydrogens is 767 g/mol. The smallest absolute Gasteiger partial charge is 0.124 e. The summed E-state index contributed by atoms with van der Waals surface area (Å²) in [6.07, 6.45) is 13.6. The minimum Gasteiger partial charge on any atom is -0.240 e. The molecule has 9 aromatic rings. The Morgan fingerprint density at radius 1 is 0.452 bits per heavy atom. The van der Waals surface area contributed by atoms with Crippen molar-refractivity contribution >= 4 is 44.5 Å². The van der Waals surface area contributed by atoms with Gasteiger partial charge in [-0.2, -0.15) is 0 Å². The largest absolute Gasteiger partial charge is 0.240 e. The summed E-state index contributed by atoms with van der Waals surface area (Å²) in [6.45, 7) is 4.85. The zero-order chi connectivity index (χ0) is 41.4. The van der Waals surface area contributed by atoms with Crippen LogP contribution in [0.15, 0.2) is 188 Å². The minimum atomic E-state index is -0.0900. The number of thiazole rings is 1. The SMILES string of the molecule is CC1(C)C2=C(CCC=C2)c2cc3c(-c4ccc(-c5ccccc5)cc4)c4ccc(-c5ccc(-c6nc7c(s6)C=CCC7)cc5)cc4c(-c4ccc(-c5ccccc5)cc4)c3cc21. The van der Waals surface area contributed by atoms with Crippen molar-refractivity contribution in [2.24, 2.45) is 0 Å². The second kappa shape index (κ2) is 14.6. The molecule has 1 heterocycles. The number of aryl methyl sites for hydroxylation is 1. The van der Waals surface area contributed by atoms with Gasteiger partial charge < -0.3 is 0 Å². The third-order valence-corrected chi connectivity index (χ3v) is 14.8. The van der Waals surface area contributed by atoms with E-state index in [0.717, 1.165) is 30.7 Å². The highest BCUT2D eigenvalue weighted by Crippen LogP contribution is 2.54. The van der Waals surface area contributed by atoms with Crippen LogP contribution < -0.4 is 0 Å². The van der Waals surface area contributed by atoms with Crippen LogP contribution in [0.5, 0.6) is 0 Å². The number of benzene rings is 8. The van der Waals surface area contributed by atoms with E-state index >= 15 is 0 Å². The molecule has 0 aliphatic heterocycles. The average Bonchev–Trinajstić information content (AvgIpc) is 3.87. The van der Waals surface area contributed by atoms with Gasteiger partial charge >= 0.3 is 0 Å². The summed E-state index contributed by atoms with van der Waals surface area (Å²) in [4.78, 5) is 6.34. The van der Waals surface area contributed by atoms with Crippen molar-refractivity contribution < 1.29 is 0 Å². The molecule has 0 radical (unpaired) electrons. The molecule has 1 nitrogen and oxygen atoms in total. The lowest BCUT2D eigenvalue weighted by Gasteiger charge is -2.25. The van der Waals surface area contributed by atoms with Crippen LogP contribution in [-0.2, 0) is 11.8 Å². The molecule has 2 heteroatoms. The lowest BCUT2D eigenvalue weighted by atomic mass is 9.78. The Morgan fingerprint density at radius 2 is 0.952 bits per heavy atom. The Morgan fingerprint density at radius 3 is 1.60 bits per heavy atom. The van der Waals surface area contributed by atoms with Crippen LogP contribution in [0.1, 0.15) is 54.8 Å². The lowest BCUT2D eigenvalue weighted by molar-refractivity contribution is 0.652. The molecule has 296 valence electrons. The van der Waals surface area contributed by atoms with Crippen molar-refractivity contribution in [2.45, 2.75) is 44.9 Å². The van der Waals surface area contributed by atoms with Gasteiger partial charge in [0.25, 0.3) is 0 Å². The quantitative estimate of drug-likeness (QED) is 0.152. The molecule has 3 aliphatic rings. The van der Waals surface area contributed by atoms with Crippen LogP contribution in [0.2, 0.25) is 0 Å². The molecular formula is C60H45NS. The van der Waals surface area contributed by atoms with Crippen LogP contribution in [0.4, 0.5) is 0 Å². The first-order chi connectivity index (χ1) is 30.5. The van der Waals surface area contributed by atoms with Crippen LogP contribution in [0.3, 0.4) is 0 Å². The molecule has 0 atom stereocenters. The molecule has 12 rings (SSSR count). The van der Waals surface area contributed by atoms with Crippen molar-refractivity contribution in [3.63, 3.8) is 0 Å². The van der Waals surface area contributed by atoms with Crippen molar-refractivity contribution in [3.8, 4) is 66.2 Å². The van der Waals surface area contributed by atoms with E-state index in [0.29, 0.717) is 0 Å². The van der Waals surface area contributed by atoms with E-state index in [1.54, 1.807) is 11.3 Å². The Hall–Kier alpha value is -6.87. The summed E-state index contributed by atoms with van der Waals surface area (Å²) >= 11 is 1.80. The molecule has 0 spiro atoms. The van der Waals surface area contributed by atoms with E-state index in [-0.39, 0.29) is 5.41 Å². The van der Waals surface area contributed by atoms with Crippen LogP contribution in [0.25, 0.3) is 99.4 Å². The Balaban J connectivity index is 1.10. The molecule has 0 amide bonds. The standard InChI is InChI=1S/C60H45NS/c1-60(2)53-18-10-9-17-47(53)49-36-51-52(37-54(49)60)58(44-29-23-41(24-30-44)39-15-7-4-8-16-39)50-35-46(42-25-31-45(32-26-42)59-61-55-19-11-12-20-56(55)62-59)33-34-48(50)57(51)43-27-21-40(22-28-43)38-13-5-3-6-14-38/h3-8,10,12-16,18,20-37H,9,11,17,19H2,1-2H3. The van der Waals surface area contributed by atoms with Gasteiger partial charge in [-0.1, -0.05) is 178 Å². The molecule has 0 fully saturated rings. The summed E-state index contributed by atoms with van der Waals surface area (Å²) < 4.78 is 0. The number of rotatable bonds is 6. The van der Waals surface area contributed by atoms with Crippen molar-refractivity contribution in [3.05, 3.63) is 209 Å². The summed E-state index contributed by atoms with van der Waals surface area (Å²) in [5.74, 6) is 0. The zero-order valence-electron chi connectivity index (χ0n) is 35.1. The lowest BCUT2D eigenvalue weighted by Crippen LogP contribution is -2.16. The number of hydrogen-bond acceptors (Lipinski definition) is 2. The Labute approximate surface area is 368 Å².